The fourth-order valence-electron chi connectivity index (χ4n) is 3.91. The van der Waals surface area contributed by atoms with Crippen LogP contribution in [0.3, 0.4) is 0 Å². The van der Waals surface area contributed by atoms with Crippen LogP contribution in [0.4, 0.5) is 5.69 Å². The van der Waals surface area contributed by atoms with Gasteiger partial charge < -0.3 is 8.85 Å². The standard InChI is InChI=1S/C27H25NO4Si/c1-2-27(25-20-12-13-21-26(25)28(29)30)32-33(23-16-8-4-9-17-23,24-18-10-5-11-19-24)31-22-14-6-3-7-15-22/h3-21,27H,2H2,1H3. The van der Waals surface area contributed by atoms with Gasteiger partial charge in [-0.2, -0.15) is 0 Å². The van der Waals surface area contributed by atoms with E-state index in [1.807, 2.05) is 97.9 Å². The molecule has 0 aliphatic rings. The zero-order chi connectivity index (χ0) is 23.1. The van der Waals surface area contributed by atoms with Gasteiger partial charge >= 0.3 is 8.56 Å². The first-order valence-corrected chi connectivity index (χ1v) is 12.7. The van der Waals surface area contributed by atoms with Crippen LogP contribution >= 0.6 is 0 Å². The minimum atomic E-state index is -3.34. The first-order valence-electron chi connectivity index (χ1n) is 10.9. The molecule has 4 rings (SSSR count). The van der Waals surface area contributed by atoms with E-state index < -0.39 is 14.7 Å². The fraction of sp³-hybridized carbons (Fsp3) is 0.111. The van der Waals surface area contributed by atoms with Gasteiger partial charge in [-0.1, -0.05) is 97.9 Å². The Morgan fingerprint density at radius 2 is 1.24 bits per heavy atom. The fourth-order valence-corrected chi connectivity index (χ4v) is 7.22. The second kappa shape index (κ2) is 10.2. The Balaban J connectivity index is 1.90. The maximum absolute atomic E-state index is 11.8. The molecule has 1 atom stereocenters. The molecule has 4 aromatic carbocycles. The number of rotatable bonds is 9. The molecular formula is C27H25NO4Si. The van der Waals surface area contributed by atoms with Crippen LogP contribution in [-0.2, 0) is 4.43 Å². The van der Waals surface area contributed by atoms with E-state index in [0.29, 0.717) is 17.7 Å². The van der Waals surface area contributed by atoms with E-state index in [2.05, 4.69) is 0 Å². The van der Waals surface area contributed by atoms with Crippen molar-refractivity contribution in [2.45, 2.75) is 19.4 Å². The summed E-state index contributed by atoms with van der Waals surface area (Å²) in [4.78, 5) is 11.4. The van der Waals surface area contributed by atoms with E-state index in [1.54, 1.807) is 18.2 Å². The molecule has 0 aromatic heterocycles. The van der Waals surface area contributed by atoms with E-state index in [4.69, 9.17) is 8.85 Å². The predicted octanol–water partition coefficient (Wildman–Crippen LogP) is 5.40. The minimum Gasteiger partial charge on any atom is -0.514 e. The molecule has 5 nitrogen and oxygen atoms in total. The van der Waals surface area contributed by atoms with Crippen molar-refractivity contribution in [1.82, 2.24) is 0 Å². The highest BCUT2D eigenvalue weighted by Crippen LogP contribution is 2.33. The van der Waals surface area contributed by atoms with Crippen LogP contribution in [0.5, 0.6) is 5.75 Å². The van der Waals surface area contributed by atoms with E-state index in [-0.39, 0.29) is 10.6 Å². The molecule has 0 bridgehead atoms. The zero-order valence-electron chi connectivity index (χ0n) is 18.3. The molecule has 4 aromatic rings. The van der Waals surface area contributed by atoms with Crippen molar-refractivity contribution < 1.29 is 13.8 Å². The highest BCUT2D eigenvalue weighted by atomic mass is 28.4. The average molecular weight is 456 g/mol. The van der Waals surface area contributed by atoms with Crippen molar-refractivity contribution in [2.24, 2.45) is 0 Å². The molecule has 0 spiro atoms. The van der Waals surface area contributed by atoms with Crippen LogP contribution in [0.25, 0.3) is 0 Å². The number of nitro groups is 1. The maximum atomic E-state index is 11.8. The van der Waals surface area contributed by atoms with Gasteiger partial charge in [0.1, 0.15) is 5.75 Å². The maximum Gasteiger partial charge on any atom is 0.469 e. The lowest BCUT2D eigenvalue weighted by Gasteiger charge is -2.35. The van der Waals surface area contributed by atoms with E-state index in [9.17, 15) is 10.1 Å². The summed E-state index contributed by atoms with van der Waals surface area (Å²) in [5.74, 6) is 0.689. The van der Waals surface area contributed by atoms with Gasteiger partial charge in [0.2, 0.25) is 0 Å². The van der Waals surface area contributed by atoms with E-state index in [0.717, 1.165) is 10.4 Å². The van der Waals surface area contributed by atoms with Crippen molar-refractivity contribution in [3.63, 3.8) is 0 Å². The third-order valence-electron chi connectivity index (χ3n) is 5.47. The lowest BCUT2D eigenvalue weighted by molar-refractivity contribution is -0.386. The first kappa shape index (κ1) is 22.5. The Kier molecular flexibility index (Phi) is 6.97. The van der Waals surface area contributed by atoms with Gasteiger partial charge in [0.05, 0.1) is 16.6 Å². The number of nitrogens with zero attached hydrogens (tertiary/aromatic N) is 1. The molecular weight excluding hydrogens is 430 g/mol. The van der Waals surface area contributed by atoms with Gasteiger partial charge in [0.25, 0.3) is 5.69 Å². The molecule has 1 unspecified atom stereocenters. The monoisotopic (exact) mass is 455 g/mol. The topological polar surface area (TPSA) is 61.6 Å². The predicted molar refractivity (Wildman–Crippen MR) is 132 cm³/mol. The molecule has 33 heavy (non-hydrogen) atoms. The van der Waals surface area contributed by atoms with E-state index >= 15 is 0 Å². The number of para-hydroxylation sites is 2. The Morgan fingerprint density at radius 3 is 1.76 bits per heavy atom. The van der Waals surface area contributed by atoms with Crippen molar-refractivity contribution in [3.05, 3.63) is 131 Å². The first-order chi connectivity index (χ1) is 16.1. The molecule has 0 aliphatic carbocycles. The van der Waals surface area contributed by atoms with Gasteiger partial charge in [-0.05, 0) is 24.6 Å². The quantitative estimate of drug-likeness (QED) is 0.193. The number of hydrogen-bond donors (Lipinski definition) is 0. The molecule has 6 heteroatoms. The summed E-state index contributed by atoms with van der Waals surface area (Å²) in [7, 11) is -3.34. The van der Waals surface area contributed by atoms with Crippen LogP contribution in [0.2, 0.25) is 0 Å². The van der Waals surface area contributed by atoms with Crippen molar-refractivity contribution in [1.29, 1.82) is 0 Å². The summed E-state index contributed by atoms with van der Waals surface area (Å²) in [6, 6.07) is 36.1. The van der Waals surface area contributed by atoms with Gasteiger partial charge in [-0.15, -0.1) is 0 Å². The van der Waals surface area contributed by atoms with Gasteiger partial charge in [-0.3, -0.25) is 10.1 Å². The molecule has 0 radical (unpaired) electrons. The lowest BCUT2D eigenvalue weighted by Crippen LogP contribution is -2.66. The van der Waals surface area contributed by atoms with E-state index in [1.165, 1.54) is 6.07 Å². The average Bonchev–Trinajstić information content (AvgIpc) is 2.88. The summed E-state index contributed by atoms with van der Waals surface area (Å²) >= 11 is 0. The van der Waals surface area contributed by atoms with Crippen LogP contribution in [-0.4, -0.2) is 13.5 Å². The molecule has 0 fully saturated rings. The molecule has 166 valence electrons. The molecule has 0 saturated carbocycles. The molecule has 0 N–H and O–H groups in total. The highest BCUT2D eigenvalue weighted by molar-refractivity contribution is 6.93. The Hall–Kier alpha value is -3.74. The molecule has 0 aliphatic heterocycles. The molecule has 0 amide bonds. The van der Waals surface area contributed by atoms with Crippen LogP contribution in [0, 0.1) is 10.1 Å². The number of nitro benzene ring substituents is 1. The smallest absolute Gasteiger partial charge is 0.469 e. The Morgan fingerprint density at radius 1 is 0.758 bits per heavy atom. The Labute approximate surface area is 194 Å². The second-order valence-electron chi connectivity index (χ2n) is 7.59. The van der Waals surface area contributed by atoms with Gasteiger partial charge in [0, 0.05) is 16.4 Å². The number of hydrogen-bond acceptors (Lipinski definition) is 4. The number of benzene rings is 4. The molecule has 0 heterocycles. The normalized spacial score (nSPS) is 12.2. The minimum absolute atomic E-state index is 0.0492. The van der Waals surface area contributed by atoms with Gasteiger partial charge in [-0.25, -0.2) is 0 Å². The molecule has 0 saturated heterocycles. The third kappa shape index (κ3) is 4.87. The second-order valence-corrected chi connectivity index (χ2v) is 10.4. The summed E-state index contributed by atoms with van der Waals surface area (Å²) in [5, 5.41) is 13.6. The summed E-state index contributed by atoms with van der Waals surface area (Å²) < 4.78 is 13.7. The van der Waals surface area contributed by atoms with Crippen molar-refractivity contribution in [3.8, 4) is 5.75 Å². The Bertz CT molecular complexity index is 1150. The van der Waals surface area contributed by atoms with Crippen LogP contribution < -0.4 is 14.8 Å². The zero-order valence-corrected chi connectivity index (χ0v) is 19.3. The van der Waals surface area contributed by atoms with Crippen LogP contribution in [0.15, 0.2) is 115 Å². The van der Waals surface area contributed by atoms with Gasteiger partial charge in [0.15, 0.2) is 0 Å². The lowest BCUT2D eigenvalue weighted by atomic mass is 10.1. The highest BCUT2D eigenvalue weighted by Gasteiger charge is 2.47. The summed E-state index contributed by atoms with van der Waals surface area (Å²) in [6.07, 6.45) is 0.0274. The van der Waals surface area contributed by atoms with Crippen molar-refractivity contribution in [2.75, 3.05) is 0 Å². The summed E-state index contributed by atoms with van der Waals surface area (Å²) in [6.45, 7) is 1.97. The largest absolute Gasteiger partial charge is 0.514 e. The van der Waals surface area contributed by atoms with Crippen LogP contribution in [0.1, 0.15) is 25.0 Å². The third-order valence-corrected chi connectivity index (χ3v) is 8.80. The summed E-state index contributed by atoms with van der Waals surface area (Å²) in [5.41, 5.74) is 0.596. The van der Waals surface area contributed by atoms with Crippen molar-refractivity contribution >= 4 is 24.6 Å². The SMILES string of the molecule is CCC(O[Si](Oc1ccccc1)(c1ccccc1)c1ccccc1)c1ccccc1[N+](=O)[O-].